The number of rotatable bonds is 18. The van der Waals surface area contributed by atoms with Crippen LogP contribution in [0.5, 0.6) is 0 Å². The van der Waals surface area contributed by atoms with Crippen molar-refractivity contribution < 1.29 is 19.1 Å². The largest absolute Gasteiger partial charge is 0.462 e. The van der Waals surface area contributed by atoms with Gasteiger partial charge in [0.05, 0.1) is 24.3 Å². The summed E-state index contributed by atoms with van der Waals surface area (Å²) in [5.41, 5.74) is 0.586. The zero-order valence-electron chi connectivity index (χ0n) is 25.0. The van der Waals surface area contributed by atoms with Crippen molar-refractivity contribution in [3.05, 3.63) is 96.1 Å². The number of unbranched alkanes of at least 4 members (excludes halogenated alkanes) is 10. The van der Waals surface area contributed by atoms with Crippen molar-refractivity contribution in [2.45, 2.75) is 101 Å². The first-order valence-electron chi connectivity index (χ1n) is 15.4. The van der Waals surface area contributed by atoms with E-state index in [0.29, 0.717) is 24.3 Å². The molecule has 3 rings (SSSR count). The Balaban J connectivity index is 0.000000372. The molecule has 222 valence electrons. The fourth-order valence-electron chi connectivity index (χ4n) is 4.20. The molecule has 0 aliphatic rings. The highest BCUT2D eigenvalue weighted by atomic mass is 32.2. The van der Waals surface area contributed by atoms with Crippen molar-refractivity contribution in [3.63, 3.8) is 0 Å². The van der Waals surface area contributed by atoms with Gasteiger partial charge in [-0.15, -0.1) is 0 Å². The smallest absolute Gasteiger partial charge is 0.339 e. The third-order valence-corrected chi connectivity index (χ3v) is 7.57. The lowest BCUT2D eigenvalue weighted by molar-refractivity contribution is 0.0450. The Morgan fingerprint density at radius 3 is 1.22 bits per heavy atom. The molecule has 0 radical (unpaired) electrons. The van der Waals surface area contributed by atoms with Crippen LogP contribution in [0.3, 0.4) is 0 Å². The predicted molar refractivity (Wildman–Crippen MR) is 171 cm³/mol. The third-order valence-electron chi connectivity index (χ3n) is 6.55. The van der Waals surface area contributed by atoms with Crippen LogP contribution >= 0.6 is 11.8 Å². The van der Waals surface area contributed by atoms with E-state index in [4.69, 9.17) is 9.47 Å². The molecular weight excluding hydrogens is 528 g/mol. The summed E-state index contributed by atoms with van der Waals surface area (Å²) in [5.74, 6) is -0.888. The van der Waals surface area contributed by atoms with E-state index < -0.39 is 11.9 Å². The molecule has 0 fully saturated rings. The quantitative estimate of drug-likeness (QED) is 0.111. The Kier molecular flexibility index (Phi) is 18.8. The summed E-state index contributed by atoms with van der Waals surface area (Å²) in [6.45, 7) is 5.17. The van der Waals surface area contributed by atoms with Crippen LogP contribution in [0, 0.1) is 0 Å². The normalized spacial score (nSPS) is 10.4. The first kappa shape index (κ1) is 34.2. The van der Waals surface area contributed by atoms with Gasteiger partial charge >= 0.3 is 11.9 Å². The Morgan fingerprint density at radius 2 is 0.829 bits per heavy atom. The molecule has 5 heteroatoms. The molecule has 41 heavy (non-hydrogen) atoms. The molecular formula is C36H48O4S. The summed E-state index contributed by atoms with van der Waals surface area (Å²) in [5, 5.41) is 0. The van der Waals surface area contributed by atoms with Crippen LogP contribution in [0.1, 0.15) is 112 Å². The van der Waals surface area contributed by atoms with Gasteiger partial charge in [-0.3, -0.25) is 0 Å². The Bertz CT molecular complexity index is 999. The first-order chi connectivity index (χ1) is 20.2. The minimum atomic E-state index is -0.444. The number of benzene rings is 3. The van der Waals surface area contributed by atoms with Gasteiger partial charge in [-0.1, -0.05) is 138 Å². The zero-order valence-corrected chi connectivity index (χ0v) is 25.8. The highest BCUT2D eigenvalue weighted by molar-refractivity contribution is 7.99. The molecule has 3 aromatic rings. The third kappa shape index (κ3) is 15.5. The molecule has 0 amide bonds. The molecule has 0 aliphatic carbocycles. The zero-order chi connectivity index (χ0) is 29.4. The molecule has 0 atom stereocenters. The van der Waals surface area contributed by atoms with Gasteiger partial charge in [0.2, 0.25) is 0 Å². The highest BCUT2D eigenvalue weighted by Crippen LogP contribution is 2.26. The van der Waals surface area contributed by atoms with Crippen molar-refractivity contribution in [1.29, 1.82) is 0 Å². The molecule has 0 saturated heterocycles. The van der Waals surface area contributed by atoms with Crippen molar-refractivity contribution >= 4 is 23.7 Å². The summed E-state index contributed by atoms with van der Waals surface area (Å²) in [6, 6.07) is 27.6. The average Bonchev–Trinajstić information content (AvgIpc) is 3.01. The first-order valence-corrected chi connectivity index (χ1v) is 16.2. The van der Waals surface area contributed by atoms with Gasteiger partial charge in [0.25, 0.3) is 0 Å². The monoisotopic (exact) mass is 576 g/mol. The Morgan fingerprint density at radius 1 is 0.488 bits per heavy atom. The Hall–Kier alpha value is -3.05. The van der Waals surface area contributed by atoms with Gasteiger partial charge in [0.1, 0.15) is 0 Å². The van der Waals surface area contributed by atoms with Crippen LogP contribution in [0.4, 0.5) is 0 Å². The van der Waals surface area contributed by atoms with Crippen molar-refractivity contribution in [1.82, 2.24) is 0 Å². The summed E-state index contributed by atoms with van der Waals surface area (Å²) in [6.07, 6.45) is 13.6. The van der Waals surface area contributed by atoms with Gasteiger partial charge in [0.15, 0.2) is 0 Å². The fraction of sp³-hybridized carbons (Fsp3) is 0.444. The number of carbonyl (C=O) groups excluding carboxylic acids is 2. The van der Waals surface area contributed by atoms with Crippen LogP contribution in [-0.4, -0.2) is 25.2 Å². The second kappa shape index (κ2) is 22.6. The molecule has 3 aromatic carbocycles. The number of hydrogen-bond acceptors (Lipinski definition) is 5. The maximum Gasteiger partial charge on any atom is 0.339 e. The minimum absolute atomic E-state index is 0.293. The molecule has 0 unspecified atom stereocenters. The maximum absolute atomic E-state index is 12.4. The maximum atomic E-state index is 12.4. The van der Waals surface area contributed by atoms with Gasteiger partial charge in [-0.05, 0) is 49.2 Å². The van der Waals surface area contributed by atoms with E-state index in [1.54, 1.807) is 36.0 Å². The summed E-state index contributed by atoms with van der Waals surface area (Å²) in [4.78, 5) is 27.3. The lowest BCUT2D eigenvalue weighted by atomic mass is 10.1. The average molecular weight is 577 g/mol. The van der Waals surface area contributed by atoms with Gasteiger partial charge in [-0.2, -0.15) is 0 Å². The molecule has 0 N–H and O–H groups in total. The standard InChI is InChI=1S/C24H38O4.C12H10S/c1-3-5-7-9-11-15-19-27-23(25)21-17-13-14-18-22(21)24(26)28-20-16-12-10-8-6-4-2;1-3-7-11(8-4-1)13-12-9-5-2-6-10-12/h13-14,17-18H,3-12,15-16,19-20H2,1-2H3;1-10H. The molecule has 0 heterocycles. The topological polar surface area (TPSA) is 52.6 Å². The molecule has 0 bridgehead atoms. The SMILES string of the molecule is CCCCCCCCOC(=O)c1ccccc1C(=O)OCCCCCCCC.c1ccc(Sc2ccccc2)cc1. The van der Waals surface area contributed by atoms with E-state index in [0.717, 1.165) is 25.7 Å². The van der Waals surface area contributed by atoms with Crippen LogP contribution in [0.2, 0.25) is 0 Å². The van der Waals surface area contributed by atoms with E-state index in [9.17, 15) is 9.59 Å². The summed E-state index contributed by atoms with van der Waals surface area (Å²) < 4.78 is 10.7. The van der Waals surface area contributed by atoms with Crippen LogP contribution in [0.15, 0.2) is 94.7 Å². The number of esters is 2. The predicted octanol–water partition coefficient (Wildman–Crippen LogP) is 10.6. The van der Waals surface area contributed by atoms with Crippen molar-refractivity contribution in [3.8, 4) is 0 Å². The lowest BCUT2D eigenvalue weighted by Crippen LogP contribution is -2.15. The molecule has 4 nitrogen and oxygen atoms in total. The van der Waals surface area contributed by atoms with Crippen molar-refractivity contribution in [2.24, 2.45) is 0 Å². The summed E-state index contributed by atoms with van der Waals surface area (Å²) in [7, 11) is 0. The van der Waals surface area contributed by atoms with E-state index in [1.807, 2.05) is 12.1 Å². The van der Waals surface area contributed by atoms with Gasteiger partial charge < -0.3 is 9.47 Å². The number of ether oxygens (including phenoxy) is 2. The fourth-order valence-corrected chi connectivity index (χ4v) is 5.06. The van der Waals surface area contributed by atoms with Crippen LogP contribution in [0.25, 0.3) is 0 Å². The Labute approximate surface area is 252 Å². The molecule has 0 aromatic heterocycles. The van der Waals surface area contributed by atoms with Gasteiger partial charge in [0, 0.05) is 9.79 Å². The summed E-state index contributed by atoms with van der Waals surface area (Å²) >= 11 is 1.79. The van der Waals surface area contributed by atoms with E-state index in [1.165, 1.54) is 61.2 Å². The lowest BCUT2D eigenvalue weighted by Gasteiger charge is -2.10. The highest BCUT2D eigenvalue weighted by Gasteiger charge is 2.18. The van der Waals surface area contributed by atoms with E-state index in [-0.39, 0.29) is 0 Å². The molecule has 0 saturated carbocycles. The van der Waals surface area contributed by atoms with Gasteiger partial charge in [-0.25, -0.2) is 9.59 Å². The minimum Gasteiger partial charge on any atom is -0.462 e. The molecule has 0 spiro atoms. The van der Waals surface area contributed by atoms with E-state index >= 15 is 0 Å². The second-order valence-electron chi connectivity index (χ2n) is 10.1. The second-order valence-corrected chi connectivity index (χ2v) is 11.2. The number of carbonyl (C=O) groups is 2. The van der Waals surface area contributed by atoms with Crippen LogP contribution in [-0.2, 0) is 9.47 Å². The van der Waals surface area contributed by atoms with E-state index in [2.05, 4.69) is 62.4 Å². The molecule has 0 aliphatic heterocycles. The van der Waals surface area contributed by atoms with Crippen LogP contribution < -0.4 is 0 Å². The van der Waals surface area contributed by atoms with Crippen molar-refractivity contribution in [2.75, 3.05) is 13.2 Å². The number of hydrogen-bond donors (Lipinski definition) is 0.